The average molecular weight is 282 g/mol. The summed E-state index contributed by atoms with van der Waals surface area (Å²) in [5, 5.41) is 12.3. The van der Waals surface area contributed by atoms with Crippen molar-refractivity contribution in [2.24, 2.45) is 5.73 Å². The van der Waals surface area contributed by atoms with Crippen LogP contribution in [0.2, 0.25) is 0 Å². The fourth-order valence-electron chi connectivity index (χ4n) is 1.32. The number of aryl methyl sites for hydroxylation is 1. The Kier molecular flexibility index (Phi) is 3.63. The van der Waals surface area contributed by atoms with Gasteiger partial charge in [-0.15, -0.1) is 15.0 Å². The first-order chi connectivity index (χ1) is 7.81. The van der Waals surface area contributed by atoms with E-state index in [0.717, 1.165) is 28.8 Å². The molecule has 2 rings (SSSR count). The lowest BCUT2D eigenvalue weighted by molar-refractivity contribution is 0.712. The van der Waals surface area contributed by atoms with Crippen LogP contribution in [0.4, 0.5) is 0 Å². The summed E-state index contributed by atoms with van der Waals surface area (Å²) in [5.74, 6) is 0.723. The summed E-state index contributed by atoms with van der Waals surface area (Å²) >= 11 is 3.45. The number of hydrogen-bond donors (Lipinski definition) is 1. The van der Waals surface area contributed by atoms with Gasteiger partial charge in [-0.3, -0.25) is 0 Å². The summed E-state index contributed by atoms with van der Waals surface area (Å²) in [7, 11) is 0. The van der Waals surface area contributed by atoms with Crippen LogP contribution in [0.25, 0.3) is 5.69 Å². The van der Waals surface area contributed by atoms with Gasteiger partial charge in [0.2, 0.25) is 0 Å². The van der Waals surface area contributed by atoms with Crippen molar-refractivity contribution in [3.8, 4) is 5.69 Å². The third-order valence-corrected chi connectivity index (χ3v) is 2.80. The Morgan fingerprint density at radius 3 is 2.88 bits per heavy atom. The van der Waals surface area contributed by atoms with Crippen molar-refractivity contribution in [1.29, 1.82) is 0 Å². The van der Waals surface area contributed by atoms with Crippen molar-refractivity contribution in [3.05, 3.63) is 34.6 Å². The largest absolute Gasteiger partial charge is 0.330 e. The number of nitrogens with zero attached hydrogens (tertiary/aromatic N) is 4. The van der Waals surface area contributed by atoms with Gasteiger partial charge in [0.25, 0.3) is 0 Å². The van der Waals surface area contributed by atoms with Crippen LogP contribution in [-0.4, -0.2) is 26.8 Å². The first-order valence-electron chi connectivity index (χ1n) is 5.05. The number of para-hydroxylation sites is 1. The third-order valence-electron chi connectivity index (χ3n) is 2.13. The molecule has 0 aliphatic rings. The molecule has 0 saturated carbocycles. The monoisotopic (exact) mass is 281 g/mol. The average Bonchev–Trinajstić information content (AvgIpc) is 2.75. The van der Waals surface area contributed by atoms with Crippen LogP contribution in [0.1, 0.15) is 12.2 Å². The first kappa shape index (κ1) is 11.2. The quantitative estimate of drug-likeness (QED) is 0.918. The van der Waals surface area contributed by atoms with Crippen LogP contribution in [0, 0.1) is 0 Å². The van der Waals surface area contributed by atoms with Crippen LogP contribution in [0.3, 0.4) is 0 Å². The van der Waals surface area contributed by atoms with Gasteiger partial charge in [-0.1, -0.05) is 12.1 Å². The van der Waals surface area contributed by atoms with Crippen LogP contribution in [0.5, 0.6) is 0 Å². The second-order valence-electron chi connectivity index (χ2n) is 3.34. The first-order valence-corrected chi connectivity index (χ1v) is 5.84. The molecule has 6 heteroatoms. The minimum absolute atomic E-state index is 0.642. The van der Waals surface area contributed by atoms with Crippen molar-refractivity contribution in [1.82, 2.24) is 20.2 Å². The van der Waals surface area contributed by atoms with E-state index in [1.165, 1.54) is 4.80 Å². The Morgan fingerprint density at radius 2 is 2.12 bits per heavy atom. The molecule has 0 aliphatic heterocycles. The summed E-state index contributed by atoms with van der Waals surface area (Å²) in [6, 6.07) is 7.75. The maximum Gasteiger partial charge on any atom is 0.175 e. The lowest BCUT2D eigenvalue weighted by atomic mass is 10.3. The van der Waals surface area contributed by atoms with Crippen LogP contribution in [0.15, 0.2) is 28.7 Å². The molecular weight excluding hydrogens is 270 g/mol. The molecule has 0 amide bonds. The highest BCUT2D eigenvalue weighted by molar-refractivity contribution is 9.10. The fraction of sp³-hybridized carbons (Fsp3) is 0.300. The zero-order valence-corrected chi connectivity index (χ0v) is 10.3. The minimum Gasteiger partial charge on any atom is -0.330 e. The van der Waals surface area contributed by atoms with Gasteiger partial charge in [-0.05, 0) is 46.2 Å². The van der Waals surface area contributed by atoms with Gasteiger partial charge in [0.05, 0.1) is 0 Å². The molecule has 84 valence electrons. The van der Waals surface area contributed by atoms with Crippen molar-refractivity contribution >= 4 is 15.9 Å². The van der Waals surface area contributed by atoms with Gasteiger partial charge >= 0.3 is 0 Å². The van der Waals surface area contributed by atoms with Crippen LogP contribution in [-0.2, 0) is 6.42 Å². The number of tetrazole rings is 1. The smallest absolute Gasteiger partial charge is 0.175 e. The Morgan fingerprint density at radius 1 is 1.31 bits per heavy atom. The third kappa shape index (κ3) is 2.45. The van der Waals surface area contributed by atoms with E-state index in [0.29, 0.717) is 6.54 Å². The van der Waals surface area contributed by atoms with Crippen LogP contribution >= 0.6 is 15.9 Å². The molecule has 2 aromatic rings. The Hall–Kier alpha value is -1.27. The maximum atomic E-state index is 5.43. The van der Waals surface area contributed by atoms with E-state index in [-0.39, 0.29) is 0 Å². The molecule has 0 radical (unpaired) electrons. The number of halogens is 1. The van der Waals surface area contributed by atoms with Crippen molar-refractivity contribution in [3.63, 3.8) is 0 Å². The number of benzene rings is 1. The topological polar surface area (TPSA) is 69.6 Å². The maximum absolute atomic E-state index is 5.43. The van der Waals surface area contributed by atoms with Gasteiger partial charge in [0, 0.05) is 10.9 Å². The second-order valence-corrected chi connectivity index (χ2v) is 4.19. The normalized spacial score (nSPS) is 10.6. The Labute approximate surface area is 102 Å². The fourth-order valence-corrected chi connectivity index (χ4v) is 1.76. The van der Waals surface area contributed by atoms with Gasteiger partial charge in [0.1, 0.15) is 5.69 Å². The Balaban J connectivity index is 2.22. The molecule has 0 atom stereocenters. The highest BCUT2D eigenvalue weighted by Gasteiger charge is 2.06. The van der Waals surface area contributed by atoms with Gasteiger partial charge < -0.3 is 5.73 Å². The zero-order valence-electron chi connectivity index (χ0n) is 8.67. The summed E-state index contributed by atoms with van der Waals surface area (Å²) in [6.07, 6.45) is 1.64. The molecule has 1 aromatic carbocycles. The number of nitrogens with two attached hydrogens (primary N) is 1. The van der Waals surface area contributed by atoms with Crippen LogP contribution < -0.4 is 5.73 Å². The highest BCUT2D eigenvalue weighted by Crippen LogP contribution is 2.18. The molecule has 0 unspecified atom stereocenters. The molecule has 2 N–H and O–H groups in total. The van der Waals surface area contributed by atoms with E-state index >= 15 is 0 Å². The molecule has 0 spiro atoms. The number of aromatic nitrogens is 4. The lowest BCUT2D eigenvalue weighted by Crippen LogP contribution is -2.02. The molecule has 0 bridgehead atoms. The van der Waals surface area contributed by atoms with E-state index in [1.54, 1.807) is 0 Å². The summed E-state index contributed by atoms with van der Waals surface area (Å²) in [6.45, 7) is 0.642. The van der Waals surface area contributed by atoms with Crippen molar-refractivity contribution in [2.75, 3.05) is 6.54 Å². The van der Waals surface area contributed by atoms with Crippen molar-refractivity contribution in [2.45, 2.75) is 12.8 Å². The van der Waals surface area contributed by atoms with E-state index in [1.807, 2.05) is 24.3 Å². The highest BCUT2D eigenvalue weighted by atomic mass is 79.9. The second kappa shape index (κ2) is 5.18. The summed E-state index contributed by atoms with van der Waals surface area (Å²) in [5.41, 5.74) is 6.31. The van der Waals surface area contributed by atoms with Gasteiger partial charge in [-0.2, -0.15) is 0 Å². The predicted octanol–water partition coefficient (Wildman–Crippen LogP) is 1.32. The number of hydrogen-bond acceptors (Lipinski definition) is 4. The molecule has 1 heterocycles. The van der Waals surface area contributed by atoms with E-state index < -0.39 is 0 Å². The predicted molar refractivity (Wildman–Crippen MR) is 64.2 cm³/mol. The van der Waals surface area contributed by atoms with E-state index in [4.69, 9.17) is 5.73 Å². The number of rotatable bonds is 4. The zero-order chi connectivity index (χ0) is 11.4. The molecule has 0 aliphatic carbocycles. The van der Waals surface area contributed by atoms with Gasteiger partial charge in [0.15, 0.2) is 5.82 Å². The molecular formula is C10H12BrN5. The van der Waals surface area contributed by atoms with E-state index in [2.05, 4.69) is 31.3 Å². The standard InChI is InChI=1S/C10H12BrN5/c11-8-4-1-2-5-9(8)16-14-10(13-15-16)6-3-7-12/h1-2,4-5H,3,6-7,12H2. The lowest BCUT2D eigenvalue weighted by Gasteiger charge is -1.99. The molecule has 0 fully saturated rings. The van der Waals surface area contributed by atoms with Crippen molar-refractivity contribution < 1.29 is 0 Å². The molecule has 1 aromatic heterocycles. The summed E-state index contributed by atoms with van der Waals surface area (Å²) in [4.78, 5) is 1.52. The minimum atomic E-state index is 0.642. The molecule has 5 nitrogen and oxygen atoms in total. The van der Waals surface area contributed by atoms with E-state index in [9.17, 15) is 0 Å². The van der Waals surface area contributed by atoms with Gasteiger partial charge in [-0.25, -0.2) is 0 Å². The molecule has 0 saturated heterocycles. The SMILES string of the molecule is NCCCc1nnn(-c2ccccc2Br)n1. The molecule has 16 heavy (non-hydrogen) atoms. The summed E-state index contributed by atoms with van der Waals surface area (Å²) < 4.78 is 0.942. The Bertz CT molecular complexity index is 468.